The van der Waals surface area contributed by atoms with E-state index in [0.29, 0.717) is 5.69 Å². The normalized spacial score (nSPS) is 10.3. The van der Waals surface area contributed by atoms with Crippen molar-refractivity contribution in [2.75, 3.05) is 5.32 Å². The molecule has 2 nitrogen and oxygen atoms in total. The lowest BCUT2D eigenvalue weighted by atomic mass is 10.1. The molecule has 0 aliphatic rings. The van der Waals surface area contributed by atoms with E-state index in [-0.39, 0.29) is 17.9 Å². The molecule has 1 amide bonds. The molecule has 19 heavy (non-hydrogen) atoms. The van der Waals surface area contributed by atoms with Gasteiger partial charge in [-0.3, -0.25) is 4.79 Å². The SMILES string of the molecule is Cc1ccc(NC(=O)Cc2ccc(F)cc2F)cc1. The molecule has 0 unspecified atom stereocenters. The fraction of sp³-hybridized carbons (Fsp3) is 0.133. The Hall–Kier alpha value is -2.23. The van der Waals surface area contributed by atoms with E-state index in [1.54, 1.807) is 12.1 Å². The Bertz CT molecular complexity index is 594. The van der Waals surface area contributed by atoms with Crippen LogP contribution in [0.15, 0.2) is 42.5 Å². The zero-order valence-electron chi connectivity index (χ0n) is 10.4. The summed E-state index contributed by atoms with van der Waals surface area (Å²) in [6, 6.07) is 10.5. The minimum absolute atomic E-state index is 0.125. The van der Waals surface area contributed by atoms with Gasteiger partial charge in [-0.25, -0.2) is 8.78 Å². The number of carbonyl (C=O) groups is 1. The first kappa shape index (κ1) is 13.2. The van der Waals surface area contributed by atoms with Crippen LogP contribution in [-0.2, 0) is 11.2 Å². The number of anilines is 1. The summed E-state index contributed by atoms with van der Waals surface area (Å²) in [5.74, 6) is -1.70. The third-order valence-electron chi connectivity index (χ3n) is 2.70. The van der Waals surface area contributed by atoms with Crippen LogP contribution < -0.4 is 5.32 Å². The number of benzene rings is 2. The number of rotatable bonds is 3. The van der Waals surface area contributed by atoms with Crippen LogP contribution in [0.2, 0.25) is 0 Å². The maximum atomic E-state index is 13.4. The summed E-state index contributed by atoms with van der Waals surface area (Å²) in [5, 5.41) is 2.66. The predicted molar refractivity (Wildman–Crippen MR) is 69.9 cm³/mol. The molecule has 0 atom stereocenters. The Kier molecular flexibility index (Phi) is 3.90. The van der Waals surface area contributed by atoms with E-state index in [1.807, 2.05) is 19.1 Å². The average Bonchev–Trinajstić information content (AvgIpc) is 2.36. The van der Waals surface area contributed by atoms with Gasteiger partial charge in [-0.1, -0.05) is 23.8 Å². The second-order valence-corrected chi connectivity index (χ2v) is 4.33. The van der Waals surface area contributed by atoms with Gasteiger partial charge in [0.15, 0.2) is 0 Å². The van der Waals surface area contributed by atoms with E-state index in [4.69, 9.17) is 0 Å². The summed E-state index contributed by atoms with van der Waals surface area (Å²) in [6.45, 7) is 1.94. The van der Waals surface area contributed by atoms with Crippen molar-refractivity contribution in [1.82, 2.24) is 0 Å². The molecule has 1 N–H and O–H groups in total. The van der Waals surface area contributed by atoms with Gasteiger partial charge < -0.3 is 5.32 Å². The molecule has 0 radical (unpaired) electrons. The average molecular weight is 261 g/mol. The minimum Gasteiger partial charge on any atom is -0.326 e. The van der Waals surface area contributed by atoms with E-state index >= 15 is 0 Å². The van der Waals surface area contributed by atoms with Crippen molar-refractivity contribution < 1.29 is 13.6 Å². The highest BCUT2D eigenvalue weighted by molar-refractivity contribution is 5.92. The second kappa shape index (κ2) is 5.61. The molecule has 0 spiro atoms. The Morgan fingerprint density at radius 1 is 1.11 bits per heavy atom. The predicted octanol–water partition coefficient (Wildman–Crippen LogP) is 3.45. The quantitative estimate of drug-likeness (QED) is 0.900. The number of carbonyl (C=O) groups excluding carboxylic acids is 1. The van der Waals surface area contributed by atoms with Gasteiger partial charge in [-0.05, 0) is 30.7 Å². The highest BCUT2D eigenvalue weighted by Gasteiger charge is 2.09. The Morgan fingerprint density at radius 2 is 1.79 bits per heavy atom. The van der Waals surface area contributed by atoms with E-state index in [0.717, 1.165) is 17.7 Å². The number of hydrogen-bond donors (Lipinski definition) is 1. The van der Waals surface area contributed by atoms with Gasteiger partial charge in [0.25, 0.3) is 0 Å². The molecule has 0 heterocycles. The number of hydrogen-bond acceptors (Lipinski definition) is 1. The van der Waals surface area contributed by atoms with Crippen molar-refractivity contribution in [1.29, 1.82) is 0 Å². The molecule has 98 valence electrons. The Morgan fingerprint density at radius 3 is 2.42 bits per heavy atom. The van der Waals surface area contributed by atoms with Crippen molar-refractivity contribution in [3.05, 3.63) is 65.2 Å². The summed E-state index contributed by atoms with van der Waals surface area (Å²) in [7, 11) is 0. The zero-order valence-corrected chi connectivity index (χ0v) is 10.4. The maximum Gasteiger partial charge on any atom is 0.228 e. The van der Waals surface area contributed by atoms with Crippen LogP contribution in [0.4, 0.5) is 14.5 Å². The van der Waals surface area contributed by atoms with Crippen LogP contribution >= 0.6 is 0 Å². The third kappa shape index (κ3) is 3.61. The van der Waals surface area contributed by atoms with Gasteiger partial charge >= 0.3 is 0 Å². The van der Waals surface area contributed by atoms with Gasteiger partial charge in [0.1, 0.15) is 11.6 Å². The largest absolute Gasteiger partial charge is 0.326 e. The summed E-state index contributed by atoms with van der Waals surface area (Å²) in [4.78, 5) is 11.7. The highest BCUT2D eigenvalue weighted by atomic mass is 19.1. The molecule has 0 saturated carbocycles. The Balaban J connectivity index is 2.03. The molecule has 0 aliphatic carbocycles. The molecule has 2 aromatic carbocycles. The van der Waals surface area contributed by atoms with Gasteiger partial charge in [0.05, 0.1) is 6.42 Å². The second-order valence-electron chi connectivity index (χ2n) is 4.33. The number of halogens is 2. The standard InChI is InChI=1S/C15H13F2NO/c1-10-2-6-13(7-3-10)18-15(19)8-11-4-5-12(16)9-14(11)17/h2-7,9H,8H2,1H3,(H,18,19). The van der Waals surface area contributed by atoms with Crippen molar-refractivity contribution in [2.45, 2.75) is 13.3 Å². The lowest BCUT2D eigenvalue weighted by molar-refractivity contribution is -0.115. The van der Waals surface area contributed by atoms with Gasteiger partial charge in [-0.15, -0.1) is 0 Å². The van der Waals surface area contributed by atoms with Crippen LogP contribution in [0.3, 0.4) is 0 Å². The molecular formula is C15H13F2NO. The van der Waals surface area contributed by atoms with Gasteiger partial charge in [0, 0.05) is 11.8 Å². The first-order valence-electron chi connectivity index (χ1n) is 5.85. The molecule has 0 aliphatic heterocycles. The first-order chi connectivity index (χ1) is 9.04. The number of nitrogens with one attached hydrogen (secondary N) is 1. The molecular weight excluding hydrogens is 248 g/mol. The zero-order chi connectivity index (χ0) is 13.8. The fourth-order valence-corrected chi connectivity index (χ4v) is 1.68. The van der Waals surface area contributed by atoms with E-state index < -0.39 is 11.6 Å². The Labute approximate surface area is 110 Å². The molecule has 0 bridgehead atoms. The molecule has 4 heteroatoms. The topological polar surface area (TPSA) is 29.1 Å². The first-order valence-corrected chi connectivity index (χ1v) is 5.85. The van der Waals surface area contributed by atoms with Gasteiger partial charge in [0.2, 0.25) is 5.91 Å². The van der Waals surface area contributed by atoms with Crippen molar-refractivity contribution in [3.63, 3.8) is 0 Å². The van der Waals surface area contributed by atoms with Crippen molar-refractivity contribution in [2.24, 2.45) is 0 Å². The number of amides is 1. The third-order valence-corrected chi connectivity index (χ3v) is 2.70. The van der Waals surface area contributed by atoms with Crippen LogP contribution in [0, 0.1) is 18.6 Å². The van der Waals surface area contributed by atoms with Crippen molar-refractivity contribution >= 4 is 11.6 Å². The van der Waals surface area contributed by atoms with Crippen molar-refractivity contribution in [3.8, 4) is 0 Å². The summed E-state index contributed by atoms with van der Waals surface area (Å²) < 4.78 is 26.1. The van der Waals surface area contributed by atoms with Gasteiger partial charge in [-0.2, -0.15) is 0 Å². The lowest BCUT2D eigenvalue weighted by Gasteiger charge is -2.06. The van der Waals surface area contributed by atoms with E-state index in [2.05, 4.69) is 5.32 Å². The summed E-state index contributed by atoms with van der Waals surface area (Å²) in [5.41, 5.74) is 1.91. The summed E-state index contributed by atoms with van der Waals surface area (Å²) >= 11 is 0. The lowest BCUT2D eigenvalue weighted by Crippen LogP contribution is -2.15. The van der Waals surface area contributed by atoms with Crippen LogP contribution in [-0.4, -0.2) is 5.91 Å². The smallest absolute Gasteiger partial charge is 0.228 e. The molecule has 0 fully saturated rings. The van der Waals surface area contributed by atoms with E-state index in [9.17, 15) is 13.6 Å². The molecule has 2 aromatic rings. The highest BCUT2D eigenvalue weighted by Crippen LogP contribution is 2.12. The molecule has 0 saturated heterocycles. The minimum atomic E-state index is -0.709. The van der Waals surface area contributed by atoms with Crippen LogP contribution in [0.1, 0.15) is 11.1 Å². The fourth-order valence-electron chi connectivity index (χ4n) is 1.68. The molecule has 2 rings (SSSR count). The summed E-state index contributed by atoms with van der Waals surface area (Å²) in [6.07, 6.45) is -0.125. The van der Waals surface area contributed by atoms with E-state index in [1.165, 1.54) is 6.07 Å². The monoisotopic (exact) mass is 261 g/mol. The molecule has 0 aromatic heterocycles. The van der Waals surface area contributed by atoms with Crippen LogP contribution in [0.25, 0.3) is 0 Å². The van der Waals surface area contributed by atoms with Crippen LogP contribution in [0.5, 0.6) is 0 Å². The number of aryl methyl sites for hydroxylation is 1. The maximum absolute atomic E-state index is 13.4.